The van der Waals surface area contributed by atoms with E-state index in [-0.39, 0.29) is 23.9 Å². The van der Waals surface area contributed by atoms with Gasteiger partial charge in [-0.1, -0.05) is 6.07 Å². The molecule has 0 radical (unpaired) electrons. The number of urea groups is 1. The first-order valence-corrected chi connectivity index (χ1v) is 7.74. The SMILES string of the molecule is O=C(CCn1ccccc1=O)Nc1ccc(N2CCNC2=O)cc1. The highest BCUT2D eigenvalue weighted by molar-refractivity contribution is 5.95. The van der Waals surface area contributed by atoms with Crippen LogP contribution in [0.15, 0.2) is 53.5 Å². The lowest BCUT2D eigenvalue weighted by molar-refractivity contribution is -0.116. The van der Waals surface area contributed by atoms with E-state index in [0.29, 0.717) is 25.3 Å². The van der Waals surface area contributed by atoms with E-state index < -0.39 is 0 Å². The second-order valence-electron chi connectivity index (χ2n) is 5.46. The van der Waals surface area contributed by atoms with Gasteiger partial charge >= 0.3 is 6.03 Å². The lowest BCUT2D eigenvalue weighted by Crippen LogP contribution is -2.27. The topological polar surface area (TPSA) is 83.4 Å². The monoisotopic (exact) mass is 326 g/mol. The van der Waals surface area contributed by atoms with E-state index in [1.165, 1.54) is 10.6 Å². The van der Waals surface area contributed by atoms with E-state index in [1.807, 2.05) is 0 Å². The number of aromatic nitrogens is 1. The maximum Gasteiger partial charge on any atom is 0.321 e. The van der Waals surface area contributed by atoms with Gasteiger partial charge < -0.3 is 15.2 Å². The molecule has 1 aliphatic heterocycles. The molecule has 1 fully saturated rings. The average molecular weight is 326 g/mol. The Hall–Kier alpha value is -3.09. The lowest BCUT2D eigenvalue weighted by Gasteiger charge is -2.14. The smallest absolute Gasteiger partial charge is 0.321 e. The Morgan fingerprint density at radius 1 is 1.12 bits per heavy atom. The summed E-state index contributed by atoms with van der Waals surface area (Å²) >= 11 is 0. The number of hydrogen-bond acceptors (Lipinski definition) is 3. The van der Waals surface area contributed by atoms with E-state index in [2.05, 4.69) is 10.6 Å². The second-order valence-corrected chi connectivity index (χ2v) is 5.46. The molecule has 0 atom stereocenters. The number of rotatable bonds is 5. The molecule has 0 unspecified atom stereocenters. The number of aryl methyl sites for hydroxylation is 1. The third kappa shape index (κ3) is 3.62. The van der Waals surface area contributed by atoms with Crippen molar-refractivity contribution in [3.8, 4) is 0 Å². The van der Waals surface area contributed by atoms with Gasteiger partial charge in [0.15, 0.2) is 0 Å². The quantitative estimate of drug-likeness (QED) is 0.871. The Kier molecular flexibility index (Phi) is 4.60. The van der Waals surface area contributed by atoms with Crippen LogP contribution in [0.25, 0.3) is 0 Å². The van der Waals surface area contributed by atoms with E-state index >= 15 is 0 Å². The largest absolute Gasteiger partial charge is 0.336 e. The molecule has 1 saturated heterocycles. The highest BCUT2D eigenvalue weighted by atomic mass is 16.2. The van der Waals surface area contributed by atoms with Crippen LogP contribution in [0.5, 0.6) is 0 Å². The van der Waals surface area contributed by atoms with Crippen LogP contribution in [0.3, 0.4) is 0 Å². The molecule has 2 heterocycles. The standard InChI is InChI=1S/C17H18N4O3/c22-15(8-11-20-10-2-1-3-16(20)23)19-13-4-6-14(7-5-13)21-12-9-18-17(21)24/h1-7,10H,8-9,11-12H2,(H,18,24)(H,19,22). The number of carbonyl (C=O) groups is 2. The van der Waals surface area contributed by atoms with Gasteiger partial charge in [0, 0.05) is 49.7 Å². The zero-order valence-corrected chi connectivity index (χ0v) is 13.1. The summed E-state index contributed by atoms with van der Waals surface area (Å²) < 4.78 is 1.49. The molecule has 0 saturated carbocycles. The van der Waals surface area contributed by atoms with E-state index in [0.717, 1.165) is 5.69 Å². The Morgan fingerprint density at radius 2 is 1.92 bits per heavy atom. The maximum absolute atomic E-state index is 12.0. The molecule has 0 aliphatic carbocycles. The minimum Gasteiger partial charge on any atom is -0.336 e. The zero-order valence-electron chi connectivity index (χ0n) is 13.1. The second kappa shape index (κ2) is 6.99. The van der Waals surface area contributed by atoms with Crippen molar-refractivity contribution in [2.45, 2.75) is 13.0 Å². The van der Waals surface area contributed by atoms with Crippen molar-refractivity contribution in [2.24, 2.45) is 0 Å². The summed E-state index contributed by atoms with van der Waals surface area (Å²) in [5, 5.41) is 5.53. The number of amides is 3. The van der Waals surface area contributed by atoms with Crippen molar-refractivity contribution in [2.75, 3.05) is 23.3 Å². The molecule has 2 N–H and O–H groups in total. The third-order valence-electron chi connectivity index (χ3n) is 3.80. The number of nitrogens with one attached hydrogen (secondary N) is 2. The summed E-state index contributed by atoms with van der Waals surface area (Å²) in [4.78, 5) is 36.8. The van der Waals surface area contributed by atoms with Crippen LogP contribution in [0.2, 0.25) is 0 Å². The molecule has 3 rings (SSSR count). The molecule has 1 aromatic carbocycles. The summed E-state index contributed by atoms with van der Waals surface area (Å²) in [7, 11) is 0. The number of benzene rings is 1. The van der Waals surface area contributed by atoms with E-state index in [1.54, 1.807) is 47.5 Å². The summed E-state index contributed by atoms with van der Waals surface area (Å²) in [5.41, 5.74) is 1.32. The molecular formula is C17H18N4O3. The lowest BCUT2D eigenvalue weighted by atomic mass is 10.2. The average Bonchev–Trinajstić information content (AvgIpc) is 3.01. The van der Waals surface area contributed by atoms with Crippen molar-refractivity contribution in [1.29, 1.82) is 0 Å². The number of carbonyl (C=O) groups excluding carboxylic acids is 2. The molecule has 3 amide bonds. The molecule has 0 bridgehead atoms. The predicted molar refractivity (Wildman–Crippen MR) is 91.1 cm³/mol. The molecule has 124 valence electrons. The highest BCUT2D eigenvalue weighted by Gasteiger charge is 2.20. The van der Waals surface area contributed by atoms with Gasteiger partial charge in [-0.3, -0.25) is 14.5 Å². The maximum atomic E-state index is 12.0. The summed E-state index contributed by atoms with van der Waals surface area (Å²) in [5.74, 6) is -0.169. The summed E-state index contributed by atoms with van der Waals surface area (Å²) in [6, 6.07) is 11.9. The fourth-order valence-electron chi connectivity index (χ4n) is 2.53. The predicted octanol–water partition coefficient (Wildman–Crippen LogP) is 1.41. The summed E-state index contributed by atoms with van der Waals surface area (Å²) in [6.07, 6.45) is 1.87. The van der Waals surface area contributed by atoms with Crippen molar-refractivity contribution < 1.29 is 9.59 Å². The summed E-state index contributed by atoms with van der Waals surface area (Å²) in [6.45, 7) is 1.60. The zero-order chi connectivity index (χ0) is 16.9. The molecule has 24 heavy (non-hydrogen) atoms. The minimum atomic E-state index is -0.169. The fraction of sp³-hybridized carbons (Fsp3) is 0.235. The van der Waals surface area contributed by atoms with Gasteiger partial charge in [-0.25, -0.2) is 4.79 Å². The first-order chi connectivity index (χ1) is 11.6. The van der Waals surface area contributed by atoms with Gasteiger partial charge in [-0.2, -0.15) is 0 Å². The number of nitrogens with zero attached hydrogens (tertiary/aromatic N) is 2. The molecule has 1 aromatic heterocycles. The van der Waals surface area contributed by atoms with Gasteiger partial charge in [0.25, 0.3) is 5.56 Å². The molecule has 7 heteroatoms. The minimum absolute atomic E-state index is 0.111. The normalized spacial score (nSPS) is 13.7. The van der Waals surface area contributed by atoms with Gasteiger partial charge in [0.2, 0.25) is 5.91 Å². The Morgan fingerprint density at radius 3 is 2.58 bits per heavy atom. The molecular weight excluding hydrogens is 308 g/mol. The van der Waals surface area contributed by atoms with Gasteiger partial charge in [-0.05, 0) is 30.3 Å². The first kappa shape index (κ1) is 15.8. The number of anilines is 2. The highest BCUT2D eigenvalue weighted by Crippen LogP contribution is 2.19. The van der Waals surface area contributed by atoms with E-state index in [4.69, 9.17) is 0 Å². The van der Waals surface area contributed by atoms with Crippen LogP contribution in [-0.2, 0) is 11.3 Å². The first-order valence-electron chi connectivity index (χ1n) is 7.74. The Bertz CT molecular complexity index is 798. The van der Waals surface area contributed by atoms with Crippen molar-refractivity contribution in [3.63, 3.8) is 0 Å². The van der Waals surface area contributed by atoms with Crippen LogP contribution in [0, 0.1) is 0 Å². The van der Waals surface area contributed by atoms with Crippen LogP contribution in [0.1, 0.15) is 6.42 Å². The molecule has 2 aromatic rings. The molecule has 1 aliphatic rings. The van der Waals surface area contributed by atoms with Crippen LogP contribution in [0.4, 0.5) is 16.2 Å². The number of pyridine rings is 1. The third-order valence-corrected chi connectivity index (χ3v) is 3.80. The van der Waals surface area contributed by atoms with Gasteiger partial charge in [0.05, 0.1) is 0 Å². The van der Waals surface area contributed by atoms with Crippen molar-refractivity contribution in [1.82, 2.24) is 9.88 Å². The molecule has 0 spiro atoms. The van der Waals surface area contributed by atoms with Crippen molar-refractivity contribution >= 4 is 23.3 Å². The fourth-order valence-corrected chi connectivity index (χ4v) is 2.53. The van der Waals surface area contributed by atoms with Crippen LogP contribution < -0.4 is 21.1 Å². The molecule has 7 nitrogen and oxygen atoms in total. The van der Waals surface area contributed by atoms with Crippen molar-refractivity contribution in [3.05, 3.63) is 59.0 Å². The number of hydrogen-bond donors (Lipinski definition) is 2. The van der Waals surface area contributed by atoms with Crippen LogP contribution in [-0.4, -0.2) is 29.6 Å². The Balaban J connectivity index is 1.56. The van der Waals surface area contributed by atoms with Gasteiger partial charge in [0.1, 0.15) is 0 Å². The van der Waals surface area contributed by atoms with Crippen LogP contribution >= 0.6 is 0 Å². The van der Waals surface area contributed by atoms with E-state index in [9.17, 15) is 14.4 Å². The van der Waals surface area contributed by atoms with Gasteiger partial charge in [-0.15, -0.1) is 0 Å². The Labute approximate surface area is 138 Å².